The van der Waals surface area contributed by atoms with Crippen LogP contribution in [0.5, 0.6) is 5.75 Å². The molecule has 0 heterocycles. The van der Waals surface area contributed by atoms with E-state index in [2.05, 4.69) is 11.9 Å². The predicted octanol–water partition coefficient (Wildman–Crippen LogP) is 1.74. The first-order valence-corrected chi connectivity index (χ1v) is 13.0. The molecule has 1 aromatic rings. The zero-order valence-electron chi connectivity index (χ0n) is 22.8. The first-order valence-electron chi connectivity index (χ1n) is 13.0. The lowest BCUT2D eigenvalue weighted by atomic mass is 9.57. The van der Waals surface area contributed by atoms with Gasteiger partial charge in [0.05, 0.1) is 11.6 Å². The number of amides is 1. The Morgan fingerprint density at radius 2 is 1.95 bits per heavy atom. The highest BCUT2D eigenvalue weighted by molar-refractivity contribution is 6.24. The van der Waals surface area contributed by atoms with Crippen molar-refractivity contribution in [2.24, 2.45) is 17.6 Å². The number of benzene rings is 1. The SMILES string of the molecule is C=C/C=C(\C=C/C)CNCc1ccc(O)c2c1C[C@H]1C[C@H]3[C@H](N(C)C)C(=O)C(C(N)=O)=C(O)[C@@]3(O)C(=O)C1=C2O. The zero-order valence-corrected chi connectivity index (χ0v) is 22.8. The number of likely N-dealkylation sites (N-methyl/N-ethyl adjacent to an activating group) is 1. The van der Waals surface area contributed by atoms with E-state index >= 15 is 0 Å². The average Bonchev–Trinajstić information content (AvgIpc) is 2.87. The van der Waals surface area contributed by atoms with Gasteiger partial charge in [0.25, 0.3) is 5.91 Å². The summed E-state index contributed by atoms with van der Waals surface area (Å²) in [6.07, 6.45) is 7.74. The van der Waals surface area contributed by atoms with E-state index in [1.54, 1.807) is 26.2 Å². The number of nitrogens with one attached hydrogen (secondary N) is 1. The molecule has 3 aliphatic rings. The number of aliphatic hydroxyl groups excluding tert-OH is 2. The van der Waals surface area contributed by atoms with Gasteiger partial charge in [-0.25, -0.2) is 0 Å². The second-order valence-corrected chi connectivity index (χ2v) is 10.6. The second-order valence-electron chi connectivity index (χ2n) is 10.6. The molecule has 1 amide bonds. The first kappa shape index (κ1) is 29.0. The largest absolute Gasteiger partial charge is 0.508 e. The smallest absolute Gasteiger partial charge is 0.255 e. The molecular formula is C30H35N3O7. The molecule has 4 atom stereocenters. The molecule has 0 radical (unpaired) electrons. The van der Waals surface area contributed by atoms with Gasteiger partial charge in [-0.3, -0.25) is 19.3 Å². The van der Waals surface area contributed by atoms with Crippen LogP contribution >= 0.6 is 0 Å². The highest BCUT2D eigenvalue weighted by Gasteiger charge is 2.64. The van der Waals surface area contributed by atoms with E-state index in [0.29, 0.717) is 18.7 Å². The standard InChI is InChI=1S/C30H35N3O7/c1-5-7-15(8-6-2)13-32-14-16-9-10-20(34)22-18(16)11-17-12-19-24(33(3)4)26(36)23(29(31)39)28(38)30(19,40)27(37)21(17)25(22)35/h5-10,17,19,24,32,34-35,38,40H,1,11-14H2,2-4H3,(H2,31,39)/b8-6-,15-7+/t17-,19-,24-,30-/m0/s1. The Kier molecular flexibility index (Phi) is 7.89. The van der Waals surface area contributed by atoms with Gasteiger partial charge < -0.3 is 31.5 Å². The fourth-order valence-electron chi connectivity index (χ4n) is 6.35. The van der Waals surface area contributed by atoms with E-state index in [9.17, 15) is 34.8 Å². The van der Waals surface area contributed by atoms with Crippen LogP contribution in [-0.4, -0.2) is 75.1 Å². The highest BCUT2D eigenvalue weighted by Crippen LogP contribution is 2.52. The van der Waals surface area contributed by atoms with Crippen molar-refractivity contribution in [2.45, 2.75) is 38.0 Å². The summed E-state index contributed by atoms with van der Waals surface area (Å²) in [5, 5.41) is 48.0. The highest BCUT2D eigenvalue weighted by atomic mass is 16.3. The van der Waals surface area contributed by atoms with Crippen LogP contribution in [0.3, 0.4) is 0 Å². The molecule has 0 unspecified atom stereocenters. The normalized spacial score (nSPS) is 26.7. The molecule has 0 saturated heterocycles. The van der Waals surface area contributed by atoms with Gasteiger partial charge in [-0.15, -0.1) is 0 Å². The number of hydrogen-bond acceptors (Lipinski definition) is 9. The summed E-state index contributed by atoms with van der Waals surface area (Å²) in [7, 11) is 3.14. The van der Waals surface area contributed by atoms with Gasteiger partial charge in [-0.2, -0.15) is 0 Å². The lowest BCUT2D eigenvalue weighted by molar-refractivity contribution is -0.153. The van der Waals surface area contributed by atoms with E-state index in [1.807, 2.05) is 25.2 Å². The van der Waals surface area contributed by atoms with Crippen LogP contribution in [0.1, 0.15) is 30.0 Å². The van der Waals surface area contributed by atoms with Crippen molar-refractivity contribution in [3.63, 3.8) is 0 Å². The molecule has 40 heavy (non-hydrogen) atoms. The van der Waals surface area contributed by atoms with Crippen LogP contribution < -0.4 is 11.1 Å². The van der Waals surface area contributed by atoms with Gasteiger partial charge >= 0.3 is 0 Å². The number of aliphatic hydroxyl groups is 3. The molecule has 1 aromatic carbocycles. The lowest BCUT2D eigenvalue weighted by Crippen LogP contribution is -2.65. The number of ketones is 2. The van der Waals surface area contributed by atoms with Crippen LogP contribution in [0.2, 0.25) is 0 Å². The van der Waals surface area contributed by atoms with Crippen molar-refractivity contribution in [3.05, 3.63) is 82.2 Å². The van der Waals surface area contributed by atoms with Crippen LogP contribution in [0.25, 0.3) is 5.76 Å². The maximum atomic E-state index is 13.9. The molecular weight excluding hydrogens is 514 g/mol. The summed E-state index contributed by atoms with van der Waals surface area (Å²) in [5.74, 6) is -6.65. The monoisotopic (exact) mass is 549 g/mol. The summed E-state index contributed by atoms with van der Waals surface area (Å²) >= 11 is 0. The molecule has 10 nitrogen and oxygen atoms in total. The average molecular weight is 550 g/mol. The van der Waals surface area contributed by atoms with E-state index in [-0.39, 0.29) is 29.7 Å². The molecule has 1 fully saturated rings. The maximum absolute atomic E-state index is 13.9. The lowest BCUT2D eigenvalue weighted by Gasteiger charge is -2.50. The minimum Gasteiger partial charge on any atom is -0.508 e. The van der Waals surface area contributed by atoms with Crippen molar-refractivity contribution in [2.75, 3.05) is 20.6 Å². The fraction of sp³-hybridized carbons (Fsp3) is 0.367. The molecule has 1 saturated carbocycles. The van der Waals surface area contributed by atoms with E-state index in [4.69, 9.17) is 5.73 Å². The summed E-state index contributed by atoms with van der Waals surface area (Å²) in [6.45, 7) is 6.58. The summed E-state index contributed by atoms with van der Waals surface area (Å²) in [5.41, 5.74) is 4.22. The predicted molar refractivity (Wildman–Crippen MR) is 149 cm³/mol. The molecule has 10 heteroatoms. The van der Waals surface area contributed by atoms with Crippen LogP contribution in [0.4, 0.5) is 0 Å². The van der Waals surface area contributed by atoms with Crippen LogP contribution in [-0.2, 0) is 27.3 Å². The quantitative estimate of drug-likeness (QED) is 0.209. The van der Waals surface area contributed by atoms with Crippen LogP contribution in [0.15, 0.2) is 65.5 Å². The summed E-state index contributed by atoms with van der Waals surface area (Å²) in [4.78, 5) is 40.7. The Morgan fingerprint density at radius 1 is 1.25 bits per heavy atom. The minimum absolute atomic E-state index is 0.0435. The zero-order chi connectivity index (χ0) is 29.5. The molecule has 212 valence electrons. The number of allylic oxidation sites excluding steroid dienone is 3. The van der Waals surface area contributed by atoms with Crippen molar-refractivity contribution in [1.82, 2.24) is 10.2 Å². The number of aromatic hydroxyl groups is 1. The number of carbonyl (C=O) groups is 3. The number of carbonyl (C=O) groups excluding carboxylic acids is 3. The van der Waals surface area contributed by atoms with Crippen molar-refractivity contribution in [3.8, 4) is 5.75 Å². The molecule has 4 rings (SSSR count). The Bertz CT molecular complexity index is 1420. The number of phenolic OH excluding ortho intramolecular Hbond substituents is 1. The van der Waals surface area contributed by atoms with Gasteiger partial charge in [0.2, 0.25) is 5.78 Å². The number of nitrogens with two attached hydrogens (primary N) is 1. The van der Waals surface area contributed by atoms with Crippen molar-refractivity contribution < 1.29 is 34.8 Å². The molecule has 7 N–H and O–H groups in total. The molecule has 3 aliphatic carbocycles. The third kappa shape index (κ3) is 4.47. The van der Waals surface area contributed by atoms with Gasteiger partial charge in [-0.1, -0.05) is 36.9 Å². The number of hydrogen-bond donors (Lipinski definition) is 6. The Morgan fingerprint density at radius 3 is 2.55 bits per heavy atom. The molecule has 0 spiro atoms. The fourth-order valence-corrected chi connectivity index (χ4v) is 6.35. The third-order valence-electron chi connectivity index (χ3n) is 8.06. The van der Waals surface area contributed by atoms with E-state index in [0.717, 1.165) is 11.1 Å². The summed E-state index contributed by atoms with van der Waals surface area (Å²) in [6, 6.07) is 2.05. The molecule has 0 bridgehead atoms. The van der Waals surface area contributed by atoms with Gasteiger partial charge in [0, 0.05) is 24.6 Å². The Balaban J connectivity index is 1.80. The van der Waals surface area contributed by atoms with Crippen LogP contribution in [0, 0.1) is 11.8 Å². The first-order chi connectivity index (χ1) is 18.9. The molecule has 0 aromatic heterocycles. The third-order valence-corrected chi connectivity index (χ3v) is 8.06. The van der Waals surface area contributed by atoms with Gasteiger partial charge in [-0.05, 0) is 62.5 Å². The van der Waals surface area contributed by atoms with Crippen molar-refractivity contribution in [1.29, 1.82) is 0 Å². The molecule has 0 aliphatic heterocycles. The minimum atomic E-state index is -2.65. The number of primary amides is 1. The Labute approximate surface area is 232 Å². The number of Topliss-reactive ketones (excluding diaryl/α,β-unsaturated/α-hetero) is 2. The second kappa shape index (κ2) is 10.9. The van der Waals surface area contributed by atoms with Gasteiger partial charge in [0.1, 0.15) is 22.8 Å². The number of phenols is 1. The van der Waals surface area contributed by atoms with Crippen molar-refractivity contribution >= 4 is 23.2 Å². The Hall–Kier alpha value is -3.99. The topological polar surface area (TPSA) is 173 Å². The number of nitrogens with zero attached hydrogens (tertiary/aromatic N) is 1. The van der Waals surface area contributed by atoms with Gasteiger partial charge in [0.15, 0.2) is 11.4 Å². The number of fused-ring (bicyclic) bond motifs is 3. The van der Waals surface area contributed by atoms with E-state index < -0.39 is 58.0 Å². The van der Waals surface area contributed by atoms with E-state index in [1.165, 1.54) is 11.0 Å². The number of rotatable bonds is 8. The maximum Gasteiger partial charge on any atom is 0.255 e. The summed E-state index contributed by atoms with van der Waals surface area (Å²) < 4.78 is 0.